The molecule has 3 rings (SSSR count). The zero-order chi connectivity index (χ0) is 19.6. The Morgan fingerprint density at radius 2 is 2.07 bits per heavy atom. The summed E-state index contributed by atoms with van der Waals surface area (Å²) in [5.74, 6) is 1.35. The van der Waals surface area contributed by atoms with Gasteiger partial charge in [-0.25, -0.2) is 4.98 Å². The number of hydrogen-bond donors (Lipinski definition) is 2. The van der Waals surface area contributed by atoms with Gasteiger partial charge in [0.2, 0.25) is 5.91 Å². The molecule has 3 aromatic heterocycles. The van der Waals surface area contributed by atoms with Crippen LogP contribution in [0.5, 0.6) is 0 Å². The van der Waals surface area contributed by atoms with Crippen LogP contribution in [0.2, 0.25) is 0 Å². The van der Waals surface area contributed by atoms with E-state index >= 15 is 0 Å². The first-order chi connectivity index (χ1) is 12.9. The predicted octanol–water partition coefficient (Wildman–Crippen LogP) is 4.67. The number of carbonyl (C=O) groups is 1. The van der Waals surface area contributed by atoms with Gasteiger partial charge in [-0.3, -0.25) is 9.59 Å². The third kappa shape index (κ3) is 4.62. The Bertz CT molecular complexity index is 976. The standard InChI is InChI=1S/C19H23N3O2S3/c1-10(2)11(3)20-15(23)9-26-12(4)17-21-18(24)16-13(8-27-19(16)22-17)14-6-5-7-25-14/h5-8,10-12H,9H2,1-4H3,(H,20,23)(H,21,22,24)/t11-,12-/m0/s1. The molecule has 1 amide bonds. The number of thioether (sulfide) groups is 1. The highest BCUT2D eigenvalue weighted by Crippen LogP contribution is 2.34. The fourth-order valence-electron chi connectivity index (χ4n) is 2.51. The third-order valence-electron chi connectivity index (χ3n) is 4.49. The quantitative estimate of drug-likeness (QED) is 0.581. The maximum atomic E-state index is 12.7. The number of amides is 1. The Morgan fingerprint density at radius 3 is 2.74 bits per heavy atom. The maximum absolute atomic E-state index is 12.7. The summed E-state index contributed by atoms with van der Waals surface area (Å²) in [5, 5.41) is 7.55. The van der Waals surface area contributed by atoms with Crippen molar-refractivity contribution in [3.05, 3.63) is 39.1 Å². The van der Waals surface area contributed by atoms with Crippen LogP contribution in [-0.2, 0) is 4.79 Å². The number of aromatic amines is 1. The number of carbonyl (C=O) groups excluding carboxylic acids is 1. The highest BCUT2D eigenvalue weighted by Gasteiger charge is 2.18. The van der Waals surface area contributed by atoms with Gasteiger partial charge >= 0.3 is 0 Å². The zero-order valence-electron chi connectivity index (χ0n) is 15.7. The Hall–Kier alpha value is -1.64. The summed E-state index contributed by atoms with van der Waals surface area (Å²) in [6.45, 7) is 8.12. The lowest BCUT2D eigenvalue weighted by Crippen LogP contribution is -2.37. The zero-order valence-corrected chi connectivity index (χ0v) is 18.2. The third-order valence-corrected chi connectivity index (χ3v) is 7.41. The van der Waals surface area contributed by atoms with E-state index in [-0.39, 0.29) is 22.8 Å². The average Bonchev–Trinajstić information content (AvgIpc) is 3.28. The van der Waals surface area contributed by atoms with E-state index in [0.29, 0.717) is 22.9 Å². The van der Waals surface area contributed by atoms with E-state index in [2.05, 4.69) is 29.1 Å². The summed E-state index contributed by atoms with van der Waals surface area (Å²) in [6.07, 6.45) is 0. The van der Waals surface area contributed by atoms with Crippen molar-refractivity contribution < 1.29 is 4.79 Å². The molecule has 0 saturated heterocycles. The normalized spacial score (nSPS) is 13.8. The SMILES string of the molecule is CC(C)[C@H](C)NC(=O)CS[C@@H](C)c1nc2scc(-c3cccs3)c2c(=O)[nH]1. The molecule has 0 aliphatic rings. The minimum Gasteiger partial charge on any atom is -0.353 e. The van der Waals surface area contributed by atoms with Crippen LogP contribution in [0.15, 0.2) is 27.7 Å². The average molecular weight is 422 g/mol. The number of nitrogens with one attached hydrogen (secondary N) is 2. The van der Waals surface area contributed by atoms with Gasteiger partial charge in [0.05, 0.1) is 16.4 Å². The van der Waals surface area contributed by atoms with Crippen molar-refractivity contribution in [3.63, 3.8) is 0 Å². The monoisotopic (exact) mass is 421 g/mol. The van der Waals surface area contributed by atoms with Crippen molar-refractivity contribution in [1.82, 2.24) is 15.3 Å². The van der Waals surface area contributed by atoms with Crippen molar-refractivity contribution in [2.75, 3.05) is 5.75 Å². The largest absolute Gasteiger partial charge is 0.353 e. The van der Waals surface area contributed by atoms with Gasteiger partial charge in [-0.05, 0) is 31.2 Å². The maximum Gasteiger partial charge on any atom is 0.260 e. The van der Waals surface area contributed by atoms with Crippen molar-refractivity contribution in [3.8, 4) is 10.4 Å². The van der Waals surface area contributed by atoms with Crippen molar-refractivity contribution in [1.29, 1.82) is 0 Å². The molecule has 3 heterocycles. The van der Waals surface area contributed by atoms with Gasteiger partial charge in [-0.15, -0.1) is 34.4 Å². The lowest BCUT2D eigenvalue weighted by atomic mass is 10.1. The van der Waals surface area contributed by atoms with Crippen LogP contribution in [0.3, 0.4) is 0 Å². The molecule has 0 aliphatic carbocycles. The van der Waals surface area contributed by atoms with Crippen LogP contribution in [-0.4, -0.2) is 27.7 Å². The fourth-order valence-corrected chi connectivity index (χ4v) is 5.04. The molecule has 0 unspecified atom stereocenters. The summed E-state index contributed by atoms with van der Waals surface area (Å²) in [5.41, 5.74) is 0.817. The van der Waals surface area contributed by atoms with Gasteiger partial charge in [-0.2, -0.15) is 0 Å². The summed E-state index contributed by atoms with van der Waals surface area (Å²) in [6, 6.07) is 4.13. The molecule has 0 aliphatic heterocycles. The minimum absolute atomic E-state index is 0.00702. The summed E-state index contributed by atoms with van der Waals surface area (Å²) >= 11 is 4.57. The van der Waals surface area contributed by atoms with E-state index in [0.717, 1.165) is 15.3 Å². The summed E-state index contributed by atoms with van der Waals surface area (Å²) in [4.78, 5) is 34.1. The second-order valence-electron chi connectivity index (χ2n) is 6.81. The molecule has 0 aromatic carbocycles. The van der Waals surface area contributed by atoms with Crippen LogP contribution in [0.4, 0.5) is 0 Å². The van der Waals surface area contributed by atoms with E-state index in [9.17, 15) is 9.59 Å². The Morgan fingerprint density at radius 1 is 1.30 bits per heavy atom. The molecule has 2 atom stereocenters. The fraction of sp³-hybridized carbons (Fsp3) is 0.421. The van der Waals surface area contributed by atoms with Crippen LogP contribution in [0.25, 0.3) is 20.7 Å². The second kappa shape index (κ2) is 8.58. The summed E-state index contributed by atoms with van der Waals surface area (Å²) in [7, 11) is 0. The van der Waals surface area contributed by atoms with E-state index in [1.54, 1.807) is 11.3 Å². The first-order valence-corrected chi connectivity index (χ1v) is 11.6. The van der Waals surface area contributed by atoms with Crippen molar-refractivity contribution >= 4 is 50.6 Å². The molecular formula is C19H23N3O2S3. The molecule has 0 fully saturated rings. The number of rotatable bonds is 7. The number of nitrogens with zero attached hydrogens (tertiary/aromatic N) is 1. The molecular weight excluding hydrogens is 398 g/mol. The van der Waals surface area contributed by atoms with Gasteiger partial charge < -0.3 is 10.3 Å². The summed E-state index contributed by atoms with van der Waals surface area (Å²) < 4.78 is 0. The topological polar surface area (TPSA) is 74.8 Å². The molecule has 0 radical (unpaired) electrons. The van der Waals surface area contributed by atoms with E-state index in [1.807, 2.05) is 36.7 Å². The molecule has 3 aromatic rings. The number of fused-ring (bicyclic) bond motifs is 1. The highest BCUT2D eigenvalue weighted by atomic mass is 32.2. The highest BCUT2D eigenvalue weighted by molar-refractivity contribution is 8.00. The first kappa shape index (κ1) is 20.1. The molecule has 0 spiro atoms. The van der Waals surface area contributed by atoms with Crippen molar-refractivity contribution in [2.24, 2.45) is 5.92 Å². The Labute approximate surface area is 170 Å². The Kier molecular flexibility index (Phi) is 6.39. The van der Waals surface area contributed by atoms with E-state index < -0.39 is 0 Å². The van der Waals surface area contributed by atoms with Crippen LogP contribution < -0.4 is 10.9 Å². The first-order valence-electron chi connectivity index (χ1n) is 8.83. The molecule has 2 N–H and O–H groups in total. The molecule has 0 saturated carbocycles. The minimum atomic E-state index is -0.120. The van der Waals surface area contributed by atoms with Crippen LogP contribution in [0.1, 0.15) is 38.8 Å². The molecule has 8 heteroatoms. The van der Waals surface area contributed by atoms with Crippen LogP contribution in [0, 0.1) is 5.92 Å². The lowest BCUT2D eigenvalue weighted by molar-refractivity contribution is -0.119. The van der Waals surface area contributed by atoms with Crippen LogP contribution >= 0.6 is 34.4 Å². The number of hydrogen-bond acceptors (Lipinski definition) is 6. The number of H-pyrrole nitrogens is 1. The molecule has 144 valence electrons. The van der Waals surface area contributed by atoms with Crippen molar-refractivity contribution in [2.45, 2.75) is 39.0 Å². The predicted molar refractivity (Wildman–Crippen MR) is 117 cm³/mol. The van der Waals surface area contributed by atoms with Gasteiger partial charge in [0.1, 0.15) is 10.7 Å². The number of thiophene rings is 2. The van der Waals surface area contributed by atoms with E-state index in [1.165, 1.54) is 23.1 Å². The van der Waals surface area contributed by atoms with Gasteiger partial charge in [0.25, 0.3) is 5.56 Å². The number of aromatic nitrogens is 2. The molecule has 27 heavy (non-hydrogen) atoms. The Balaban J connectivity index is 1.74. The van der Waals surface area contributed by atoms with Gasteiger partial charge in [-0.1, -0.05) is 19.9 Å². The van der Waals surface area contributed by atoms with Gasteiger partial charge in [0, 0.05) is 21.9 Å². The smallest absolute Gasteiger partial charge is 0.260 e. The lowest BCUT2D eigenvalue weighted by Gasteiger charge is -2.18. The second-order valence-corrected chi connectivity index (χ2v) is 9.95. The van der Waals surface area contributed by atoms with E-state index in [4.69, 9.17) is 0 Å². The molecule has 0 bridgehead atoms. The van der Waals surface area contributed by atoms with Gasteiger partial charge in [0.15, 0.2) is 0 Å². The molecule has 5 nitrogen and oxygen atoms in total.